The first-order valence-corrected chi connectivity index (χ1v) is 8.06. The van der Waals surface area contributed by atoms with Crippen LogP contribution in [0.25, 0.3) is 0 Å². The van der Waals surface area contributed by atoms with Crippen LogP contribution in [0.5, 0.6) is 5.75 Å². The van der Waals surface area contributed by atoms with Crippen molar-refractivity contribution in [3.05, 3.63) is 17.5 Å². The van der Waals surface area contributed by atoms with Crippen molar-refractivity contribution in [2.75, 3.05) is 24.1 Å². The number of hydrogen-bond acceptors (Lipinski definition) is 5. The minimum absolute atomic E-state index is 0.00691. The number of amides is 1. The van der Waals surface area contributed by atoms with Crippen molar-refractivity contribution >= 4 is 27.9 Å². The van der Waals surface area contributed by atoms with Gasteiger partial charge in [-0.15, -0.1) is 17.9 Å². The Morgan fingerprint density at radius 3 is 2.86 bits per heavy atom. The Balaban J connectivity index is 2.19. The van der Waals surface area contributed by atoms with E-state index in [2.05, 4.69) is 17.2 Å². The zero-order valence-corrected chi connectivity index (χ0v) is 13.4. The van der Waals surface area contributed by atoms with Crippen molar-refractivity contribution in [3.8, 4) is 5.75 Å². The molecule has 0 aliphatic heterocycles. The number of hydrogen-bond donors (Lipinski definition) is 3. The van der Waals surface area contributed by atoms with Gasteiger partial charge in [-0.2, -0.15) is 0 Å². The lowest BCUT2D eigenvalue weighted by molar-refractivity contribution is 0.0962. The first-order chi connectivity index (χ1) is 10.0. The van der Waals surface area contributed by atoms with E-state index >= 15 is 0 Å². The van der Waals surface area contributed by atoms with Gasteiger partial charge in [0, 0.05) is 13.1 Å². The van der Waals surface area contributed by atoms with E-state index in [0.29, 0.717) is 22.9 Å². The van der Waals surface area contributed by atoms with Crippen molar-refractivity contribution < 1.29 is 9.53 Å². The van der Waals surface area contributed by atoms with E-state index in [-0.39, 0.29) is 12.0 Å². The standard InChI is InChI=1S/C15H23N3O2S/c1-4-7-17-14(19)13-11(16)12(20-9(2)3)15(21-13)18-8-10-5-6-10/h4,9-10,18H,1,5-8,16H2,2-3H3,(H,17,19). The molecule has 1 fully saturated rings. The molecule has 0 saturated heterocycles. The third-order valence-electron chi connectivity index (χ3n) is 3.11. The van der Waals surface area contributed by atoms with Crippen LogP contribution in [0.2, 0.25) is 0 Å². The fourth-order valence-corrected chi connectivity index (χ4v) is 2.85. The summed E-state index contributed by atoms with van der Waals surface area (Å²) < 4.78 is 5.79. The van der Waals surface area contributed by atoms with E-state index in [1.54, 1.807) is 6.08 Å². The minimum Gasteiger partial charge on any atom is -0.486 e. The number of nitrogens with two attached hydrogens (primary N) is 1. The molecular formula is C15H23N3O2S. The molecule has 1 saturated carbocycles. The zero-order valence-electron chi connectivity index (χ0n) is 12.6. The summed E-state index contributed by atoms with van der Waals surface area (Å²) in [5.41, 5.74) is 6.52. The summed E-state index contributed by atoms with van der Waals surface area (Å²) >= 11 is 1.35. The second-order valence-corrected chi connectivity index (χ2v) is 6.51. The predicted molar refractivity (Wildman–Crippen MR) is 88.2 cm³/mol. The lowest BCUT2D eigenvalue weighted by atomic mass is 10.3. The average molecular weight is 309 g/mol. The molecule has 21 heavy (non-hydrogen) atoms. The molecule has 0 aromatic carbocycles. The average Bonchev–Trinajstić information content (AvgIpc) is 3.21. The number of nitrogen functional groups attached to an aromatic ring is 1. The lowest BCUT2D eigenvalue weighted by Crippen LogP contribution is -2.23. The highest BCUT2D eigenvalue weighted by molar-refractivity contribution is 7.19. The lowest BCUT2D eigenvalue weighted by Gasteiger charge is -2.12. The molecule has 1 aromatic heterocycles. The van der Waals surface area contributed by atoms with Gasteiger partial charge in [0.2, 0.25) is 0 Å². The van der Waals surface area contributed by atoms with Gasteiger partial charge in [0.15, 0.2) is 5.75 Å². The van der Waals surface area contributed by atoms with Crippen molar-refractivity contribution in [3.63, 3.8) is 0 Å². The minimum atomic E-state index is -0.189. The van der Waals surface area contributed by atoms with E-state index in [9.17, 15) is 4.79 Å². The fourth-order valence-electron chi connectivity index (χ4n) is 1.87. The molecule has 6 heteroatoms. The topological polar surface area (TPSA) is 76.4 Å². The fraction of sp³-hybridized carbons (Fsp3) is 0.533. The van der Waals surface area contributed by atoms with Crippen molar-refractivity contribution in [1.82, 2.24) is 5.32 Å². The van der Waals surface area contributed by atoms with Crippen LogP contribution in [-0.2, 0) is 0 Å². The smallest absolute Gasteiger partial charge is 0.263 e. The van der Waals surface area contributed by atoms with Gasteiger partial charge in [0.05, 0.1) is 6.10 Å². The van der Waals surface area contributed by atoms with E-state index in [4.69, 9.17) is 10.5 Å². The summed E-state index contributed by atoms with van der Waals surface area (Å²) in [7, 11) is 0. The van der Waals surface area contributed by atoms with E-state index in [1.807, 2.05) is 13.8 Å². The van der Waals surface area contributed by atoms with Crippen LogP contribution in [0, 0.1) is 5.92 Å². The van der Waals surface area contributed by atoms with Crippen molar-refractivity contribution in [1.29, 1.82) is 0 Å². The first-order valence-electron chi connectivity index (χ1n) is 7.24. The van der Waals surface area contributed by atoms with Gasteiger partial charge in [-0.05, 0) is 32.6 Å². The number of anilines is 2. The zero-order chi connectivity index (χ0) is 15.4. The number of ether oxygens (including phenoxy) is 1. The van der Waals surface area contributed by atoms with E-state index in [1.165, 1.54) is 24.2 Å². The second-order valence-electron chi connectivity index (χ2n) is 5.49. The van der Waals surface area contributed by atoms with Gasteiger partial charge in [-0.3, -0.25) is 4.79 Å². The summed E-state index contributed by atoms with van der Waals surface area (Å²) in [4.78, 5) is 12.6. The molecule has 2 rings (SSSR count). The molecule has 0 spiro atoms. The number of carbonyl (C=O) groups is 1. The third kappa shape index (κ3) is 4.14. The highest BCUT2D eigenvalue weighted by Crippen LogP contribution is 2.44. The monoisotopic (exact) mass is 309 g/mol. The van der Waals surface area contributed by atoms with Crippen LogP contribution in [0.15, 0.2) is 12.7 Å². The Labute approximate surface area is 129 Å². The molecule has 1 aliphatic carbocycles. The van der Waals surface area contributed by atoms with Gasteiger partial charge in [0.25, 0.3) is 5.91 Å². The maximum absolute atomic E-state index is 12.1. The molecule has 116 valence electrons. The summed E-state index contributed by atoms with van der Waals surface area (Å²) in [6.07, 6.45) is 4.17. The summed E-state index contributed by atoms with van der Waals surface area (Å²) in [6, 6.07) is 0. The number of carbonyl (C=O) groups excluding carboxylic acids is 1. The van der Waals surface area contributed by atoms with Crippen molar-refractivity contribution in [2.45, 2.75) is 32.8 Å². The molecular weight excluding hydrogens is 286 g/mol. The largest absolute Gasteiger partial charge is 0.486 e. The Bertz CT molecular complexity index is 521. The SMILES string of the molecule is C=CCNC(=O)c1sc(NCC2CC2)c(OC(C)C)c1N. The van der Waals surface area contributed by atoms with Crippen LogP contribution in [0.3, 0.4) is 0 Å². The molecule has 0 unspecified atom stereocenters. The highest BCUT2D eigenvalue weighted by atomic mass is 32.1. The number of nitrogens with one attached hydrogen (secondary N) is 2. The van der Waals surface area contributed by atoms with Gasteiger partial charge in [0.1, 0.15) is 15.6 Å². The maximum atomic E-state index is 12.1. The third-order valence-corrected chi connectivity index (χ3v) is 4.26. The van der Waals surface area contributed by atoms with Gasteiger partial charge in [-0.1, -0.05) is 6.08 Å². The Hall–Kier alpha value is -1.69. The van der Waals surface area contributed by atoms with E-state index in [0.717, 1.165) is 17.5 Å². The molecule has 5 nitrogen and oxygen atoms in total. The van der Waals surface area contributed by atoms with Crippen LogP contribution in [0.1, 0.15) is 36.4 Å². The number of thiophene rings is 1. The summed E-state index contributed by atoms with van der Waals surface area (Å²) in [5, 5.41) is 6.96. The van der Waals surface area contributed by atoms with Crippen LogP contribution in [0.4, 0.5) is 10.7 Å². The second kappa shape index (κ2) is 6.85. The van der Waals surface area contributed by atoms with Gasteiger partial charge in [-0.25, -0.2) is 0 Å². The van der Waals surface area contributed by atoms with Crippen LogP contribution < -0.4 is 21.1 Å². The molecule has 0 bridgehead atoms. The maximum Gasteiger partial charge on any atom is 0.263 e. The molecule has 1 aromatic rings. The molecule has 1 amide bonds. The van der Waals surface area contributed by atoms with E-state index < -0.39 is 0 Å². The number of rotatable bonds is 8. The summed E-state index contributed by atoms with van der Waals surface area (Å²) in [6.45, 7) is 8.80. The Morgan fingerprint density at radius 2 is 2.29 bits per heavy atom. The Kier molecular flexibility index (Phi) is 5.12. The summed E-state index contributed by atoms with van der Waals surface area (Å²) in [5.74, 6) is 1.14. The predicted octanol–water partition coefficient (Wildman–Crippen LogP) is 2.86. The first kappa shape index (κ1) is 15.7. The quantitative estimate of drug-likeness (QED) is 0.645. The van der Waals surface area contributed by atoms with Crippen molar-refractivity contribution in [2.24, 2.45) is 5.92 Å². The highest BCUT2D eigenvalue weighted by Gasteiger charge is 2.25. The molecule has 0 atom stereocenters. The molecule has 4 N–H and O–H groups in total. The molecule has 0 radical (unpaired) electrons. The van der Waals surface area contributed by atoms with Gasteiger partial charge < -0.3 is 21.1 Å². The Morgan fingerprint density at radius 1 is 1.57 bits per heavy atom. The van der Waals surface area contributed by atoms with Gasteiger partial charge >= 0.3 is 0 Å². The molecule has 1 heterocycles. The molecule has 1 aliphatic rings. The normalized spacial score (nSPS) is 14.0. The van der Waals surface area contributed by atoms with Crippen LogP contribution >= 0.6 is 11.3 Å². The van der Waals surface area contributed by atoms with Crippen LogP contribution in [-0.4, -0.2) is 25.1 Å².